The van der Waals surface area contributed by atoms with Crippen molar-refractivity contribution in [2.45, 2.75) is 25.4 Å². The van der Waals surface area contributed by atoms with E-state index >= 15 is 0 Å². The maximum atomic E-state index is 12.4. The first-order valence-corrected chi connectivity index (χ1v) is 9.71. The van der Waals surface area contributed by atoms with Crippen LogP contribution in [-0.4, -0.2) is 49.4 Å². The highest BCUT2D eigenvalue weighted by atomic mass is 79.9. The quantitative estimate of drug-likeness (QED) is 0.801. The van der Waals surface area contributed by atoms with Crippen LogP contribution in [-0.2, 0) is 21.4 Å². The molecule has 0 saturated carbocycles. The molecule has 0 bridgehead atoms. The lowest BCUT2D eigenvalue weighted by molar-refractivity contribution is -0.133. The molecular formula is C12H17BrN2O3S2. The summed E-state index contributed by atoms with van der Waals surface area (Å²) in [7, 11) is -1.60. The molecule has 20 heavy (non-hydrogen) atoms. The van der Waals surface area contributed by atoms with Crippen LogP contribution < -0.4 is 0 Å². The van der Waals surface area contributed by atoms with E-state index in [1.165, 1.54) is 4.31 Å². The van der Waals surface area contributed by atoms with Crippen LogP contribution in [0.4, 0.5) is 0 Å². The van der Waals surface area contributed by atoms with E-state index in [9.17, 15) is 13.2 Å². The third kappa shape index (κ3) is 3.60. The molecule has 1 aromatic heterocycles. The minimum Gasteiger partial charge on any atom is -0.339 e. The van der Waals surface area contributed by atoms with Gasteiger partial charge in [-0.25, -0.2) is 8.42 Å². The number of likely N-dealkylation sites (N-methyl/N-ethyl adjacent to an activating group) is 1. The SMILES string of the molecule is CN(Cc1ccc(Br)s1)C(=O)C1CCCN1S(C)(=O)=O. The van der Waals surface area contributed by atoms with Crippen molar-refractivity contribution < 1.29 is 13.2 Å². The molecule has 1 aromatic rings. The lowest BCUT2D eigenvalue weighted by Gasteiger charge is -2.26. The van der Waals surface area contributed by atoms with Crippen molar-refractivity contribution in [2.24, 2.45) is 0 Å². The van der Waals surface area contributed by atoms with Crippen LogP contribution >= 0.6 is 27.3 Å². The number of sulfonamides is 1. The van der Waals surface area contributed by atoms with E-state index in [0.29, 0.717) is 19.5 Å². The Bertz CT molecular complexity index is 600. The monoisotopic (exact) mass is 380 g/mol. The Labute approximate surface area is 131 Å². The molecule has 2 rings (SSSR count). The zero-order valence-electron chi connectivity index (χ0n) is 11.4. The predicted molar refractivity (Wildman–Crippen MR) is 83.1 cm³/mol. The highest BCUT2D eigenvalue weighted by Crippen LogP contribution is 2.25. The highest BCUT2D eigenvalue weighted by molar-refractivity contribution is 9.11. The number of hydrogen-bond donors (Lipinski definition) is 0. The molecule has 1 amide bonds. The fraction of sp³-hybridized carbons (Fsp3) is 0.583. The molecule has 5 nitrogen and oxygen atoms in total. The van der Waals surface area contributed by atoms with E-state index in [-0.39, 0.29) is 5.91 Å². The van der Waals surface area contributed by atoms with Crippen molar-refractivity contribution >= 4 is 43.2 Å². The lowest BCUT2D eigenvalue weighted by Crippen LogP contribution is -2.45. The Kier molecular flexibility index (Phi) is 4.88. The van der Waals surface area contributed by atoms with E-state index in [1.54, 1.807) is 23.3 Å². The number of rotatable bonds is 4. The summed E-state index contributed by atoms with van der Waals surface area (Å²) in [6.07, 6.45) is 2.50. The van der Waals surface area contributed by atoms with Crippen molar-refractivity contribution in [3.05, 3.63) is 20.8 Å². The van der Waals surface area contributed by atoms with Crippen LogP contribution in [0.25, 0.3) is 0 Å². The van der Waals surface area contributed by atoms with Crippen LogP contribution in [0.15, 0.2) is 15.9 Å². The third-order valence-corrected chi connectivity index (χ3v) is 6.21. The predicted octanol–water partition coefficient (Wildman–Crippen LogP) is 1.89. The van der Waals surface area contributed by atoms with Gasteiger partial charge in [-0.05, 0) is 40.9 Å². The zero-order valence-corrected chi connectivity index (χ0v) is 14.6. The van der Waals surface area contributed by atoms with Gasteiger partial charge in [-0.3, -0.25) is 4.79 Å². The van der Waals surface area contributed by atoms with Crippen molar-refractivity contribution in [3.8, 4) is 0 Å². The fourth-order valence-electron chi connectivity index (χ4n) is 2.39. The van der Waals surface area contributed by atoms with Gasteiger partial charge in [0.15, 0.2) is 0 Å². The van der Waals surface area contributed by atoms with Crippen molar-refractivity contribution in [1.82, 2.24) is 9.21 Å². The molecule has 0 spiro atoms. The number of hydrogen-bond acceptors (Lipinski definition) is 4. The number of halogens is 1. The van der Waals surface area contributed by atoms with Crippen molar-refractivity contribution in [2.75, 3.05) is 19.8 Å². The van der Waals surface area contributed by atoms with Crippen molar-refractivity contribution in [1.29, 1.82) is 0 Å². The second-order valence-electron chi connectivity index (χ2n) is 4.93. The molecule has 0 aliphatic carbocycles. The molecule has 1 atom stereocenters. The zero-order chi connectivity index (χ0) is 14.9. The molecule has 1 fully saturated rings. The first-order chi connectivity index (χ1) is 9.29. The van der Waals surface area contributed by atoms with Crippen molar-refractivity contribution in [3.63, 3.8) is 0 Å². The Morgan fingerprint density at radius 3 is 2.80 bits per heavy atom. The van der Waals surface area contributed by atoms with Gasteiger partial charge in [0.05, 0.1) is 16.6 Å². The second-order valence-corrected chi connectivity index (χ2v) is 9.41. The van der Waals surface area contributed by atoms with Gasteiger partial charge in [0.2, 0.25) is 15.9 Å². The molecule has 1 unspecified atom stereocenters. The van der Waals surface area contributed by atoms with Gasteiger partial charge in [0.1, 0.15) is 6.04 Å². The highest BCUT2D eigenvalue weighted by Gasteiger charge is 2.37. The normalized spacial score (nSPS) is 20.2. The minimum absolute atomic E-state index is 0.127. The largest absolute Gasteiger partial charge is 0.339 e. The van der Waals surface area contributed by atoms with Gasteiger partial charge in [0, 0.05) is 18.5 Å². The molecule has 0 radical (unpaired) electrons. The number of nitrogens with zero attached hydrogens (tertiary/aromatic N) is 2. The maximum Gasteiger partial charge on any atom is 0.241 e. The standard InChI is InChI=1S/C12H17BrN2O3S2/c1-14(8-9-5-6-11(13)19-9)12(16)10-4-3-7-15(10)20(2,17)18/h5-6,10H,3-4,7-8H2,1-2H3. The van der Waals surface area contributed by atoms with E-state index < -0.39 is 16.1 Å². The molecular weight excluding hydrogens is 364 g/mol. The van der Waals surface area contributed by atoms with E-state index in [4.69, 9.17) is 0 Å². The molecule has 1 saturated heterocycles. The van der Waals surface area contributed by atoms with E-state index in [1.807, 2.05) is 12.1 Å². The first-order valence-electron chi connectivity index (χ1n) is 6.25. The lowest BCUT2D eigenvalue weighted by atomic mass is 10.2. The summed E-state index contributed by atoms with van der Waals surface area (Å²) < 4.78 is 25.7. The summed E-state index contributed by atoms with van der Waals surface area (Å²) in [5, 5.41) is 0. The second kappa shape index (κ2) is 6.13. The van der Waals surface area contributed by atoms with Gasteiger partial charge in [-0.15, -0.1) is 11.3 Å². The Morgan fingerprint density at radius 2 is 2.25 bits per heavy atom. The average molecular weight is 381 g/mol. The topological polar surface area (TPSA) is 57.7 Å². The number of carbonyl (C=O) groups is 1. The molecule has 8 heteroatoms. The summed E-state index contributed by atoms with van der Waals surface area (Å²) in [6.45, 7) is 0.941. The van der Waals surface area contributed by atoms with E-state index in [0.717, 1.165) is 21.3 Å². The number of amides is 1. The van der Waals surface area contributed by atoms with Crippen LogP contribution in [0.5, 0.6) is 0 Å². The van der Waals surface area contributed by atoms with Crippen LogP contribution in [0.2, 0.25) is 0 Å². The Hall–Kier alpha value is -0.440. The van der Waals surface area contributed by atoms with Crippen LogP contribution in [0, 0.1) is 0 Å². The van der Waals surface area contributed by atoms with E-state index in [2.05, 4.69) is 15.9 Å². The molecule has 112 valence electrons. The molecule has 1 aliphatic rings. The van der Waals surface area contributed by atoms with Gasteiger partial charge in [-0.2, -0.15) is 4.31 Å². The summed E-state index contributed by atoms with van der Waals surface area (Å²) in [5.41, 5.74) is 0. The molecule has 0 N–H and O–H groups in total. The molecule has 2 heterocycles. The first kappa shape index (κ1) is 15.9. The van der Waals surface area contributed by atoms with Gasteiger partial charge in [0.25, 0.3) is 0 Å². The van der Waals surface area contributed by atoms with Gasteiger partial charge in [-0.1, -0.05) is 0 Å². The third-order valence-electron chi connectivity index (χ3n) is 3.31. The van der Waals surface area contributed by atoms with Crippen LogP contribution in [0.1, 0.15) is 17.7 Å². The smallest absolute Gasteiger partial charge is 0.241 e. The summed E-state index contributed by atoms with van der Waals surface area (Å²) in [6, 6.07) is 3.36. The number of carbonyl (C=O) groups excluding carboxylic acids is 1. The summed E-state index contributed by atoms with van der Waals surface area (Å²) in [4.78, 5) is 15.1. The maximum absolute atomic E-state index is 12.4. The summed E-state index contributed by atoms with van der Waals surface area (Å²) in [5.74, 6) is -0.127. The van der Waals surface area contributed by atoms with Gasteiger partial charge >= 0.3 is 0 Å². The fourth-order valence-corrected chi connectivity index (χ4v) is 5.04. The Balaban J connectivity index is 2.06. The van der Waals surface area contributed by atoms with Gasteiger partial charge < -0.3 is 4.90 Å². The van der Waals surface area contributed by atoms with Crippen LogP contribution in [0.3, 0.4) is 0 Å². The average Bonchev–Trinajstić information content (AvgIpc) is 2.96. The molecule has 1 aliphatic heterocycles. The Morgan fingerprint density at radius 1 is 1.55 bits per heavy atom. The minimum atomic E-state index is -3.32. The number of thiophene rings is 1. The molecule has 0 aromatic carbocycles. The summed E-state index contributed by atoms with van der Waals surface area (Å²) >= 11 is 4.96.